The molecule has 0 saturated heterocycles. The molecule has 2 heterocycles. The van der Waals surface area contributed by atoms with Gasteiger partial charge in [0.05, 0.1) is 28.9 Å². The Morgan fingerprint density at radius 2 is 1.97 bits per heavy atom. The lowest BCUT2D eigenvalue weighted by molar-refractivity contribution is -0.119. The maximum atomic E-state index is 11.7. The molecule has 1 aromatic carbocycles. The lowest BCUT2D eigenvalue weighted by atomic mass is 9.92. The predicted molar refractivity (Wildman–Crippen MR) is 126 cm³/mol. The molecule has 1 aliphatic rings. The second-order valence-corrected chi connectivity index (χ2v) is 9.11. The summed E-state index contributed by atoms with van der Waals surface area (Å²) in [5.41, 5.74) is 9.50. The summed E-state index contributed by atoms with van der Waals surface area (Å²) < 4.78 is 2.11. The van der Waals surface area contributed by atoms with Gasteiger partial charge >= 0.3 is 0 Å². The van der Waals surface area contributed by atoms with Crippen molar-refractivity contribution in [2.24, 2.45) is 5.73 Å². The molecule has 3 aromatic rings. The molecule has 2 N–H and O–H groups in total. The summed E-state index contributed by atoms with van der Waals surface area (Å²) in [5.74, 6) is 0.0864. The van der Waals surface area contributed by atoms with Gasteiger partial charge in [-0.05, 0) is 49.3 Å². The molecule has 0 bridgehead atoms. The van der Waals surface area contributed by atoms with Crippen molar-refractivity contribution in [1.29, 1.82) is 0 Å². The van der Waals surface area contributed by atoms with Crippen LogP contribution >= 0.6 is 11.6 Å². The van der Waals surface area contributed by atoms with E-state index in [0.29, 0.717) is 23.9 Å². The number of amides is 1. The zero-order chi connectivity index (χ0) is 22.5. The number of hydrogen-bond donors (Lipinski definition) is 1. The van der Waals surface area contributed by atoms with Crippen LogP contribution in [-0.2, 0) is 24.1 Å². The summed E-state index contributed by atoms with van der Waals surface area (Å²) in [7, 11) is 0. The van der Waals surface area contributed by atoms with Crippen molar-refractivity contribution in [2.45, 2.75) is 70.3 Å². The van der Waals surface area contributed by atoms with Crippen LogP contribution in [0.1, 0.15) is 79.2 Å². The van der Waals surface area contributed by atoms with Gasteiger partial charge in [0, 0.05) is 18.8 Å². The number of nitrogens with zero attached hydrogens (tertiary/aromatic N) is 4. The molecule has 4 rings (SSSR count). The van der Waals surface area contributed by atoms with E-state index in [2.05, 4.69) is 21.0 Å². The molecular formula is C25H30ClN5O. The van der Waals surface area contributed by atoms with Crippen molar-refractivity contribution in [3.05, 3.63) is 76.1 Å². The molecule has 1 aliphatic carbocycles. The summed E-state index contributed by atoms with van der Waals surface area (Å²) in [6.07, 6.45) is 14.1. The summed E-state index contributed by atoms with van der Waals surface area (Å²) in [4.78, 5) is 20.9. The molecule has 6 nitrogen and oxygen atoms in total. The number of hydrogen-bond acceptors (Lipinski definition) is 4. The summed E-state index contributed by atoms with van der Waals surface area (Å²) >= 11 is 6.41. The van der Waals surface area contributed by atoms with Crippen molar-refractivity contribution < 1.29 is 4.79 Å². The molecule has 7 heteroatoms. The molecule has 1 saturated carbocycles. The van der Waals surface area contributed by atoms with Crippen LogP contribution in [0.4, 0.5) is 0 Å². The third kappa shape index (κ3) is 5.36. The van der Waals surface area contributed by atoms with Crippen molar-refractivity contribution in [3.8, 4) is 0 Å². The normalized spacial score (nSPS) is 15.6. The van der Waals surface area contributed by atoms with Gasteiger partial charge in [-0.3, -0.25) is 9.48 Å². The minimum Gasteiger partial charge on any atom is -0.369 e. The van der Waals surface area contributed by atoms with E-state index in [1.807, 2.05) is 37.4 Å². The lowest BCUT2D eigenvalue weighted by Crippen LogP contribution is -2.20. The molecule has 1 fully saturated rings. The number of aryl methyl sites for hydroxylation is 2. The number of halogens is 1. The Bertz CT molecular complexity index is 1070. The van der Waals surface area contributed by atoms with Crippen LogP contribution in [0, 0.1) is 0 Å². The fourth-order valence-corrected chi connectivity index (χ4v) is 4.68. The second kappa shape index (κ2) is 10.3. The minimum absolute atomic E-state index is 0.325. The van der Waals surface area contributed by atoms with Gasteiger partial charge in [0.25, 0.3) is 0 Å². The monoisotopic (exact) mass is 451 g/mol. The van der Waals surface area contributed by atoms with Gasteiger partial charge < -0.3 is 5.73 Å². The van der Waals surface area contributed by atoms with E-state index in [9.17, 15) is 4.79 Å². The van der Waals surface area contributed by atoms with Crippen LogP contribution in [0.3, 0.4) is 0 Å². The number of benzene rings is 1. The van der Waals surface area contributed by atoms with Crippen LogP contribution < -0.4 is 5.73 Å². The van der Waals surface area contributed by atoms with Crippen LogP contribution in [0.5, 0.6) is 0 Å². The molecule has 168 valence electrons. The fraction of sp³-hybridized carbons (Fsp3) is 0.440. The van der Waals surface area contributed by atoms with Gasteiger partial charge in [0.1, 0.15) is 5.82 Å². The average molecular weight is 452 g/mol. The molecule has 0 spiro atoms. The number of carbonyl (C=O) groups excluding carboxylic acids is 1. The topological polar surface area (TPSA) is 86.7 Å². The Balaban J connectivity index is 1.45. The van der Waals surface area contributed by atoms with Gasteiger partial charge in [-0.15, -0.1) is 0 Å². The minimum atomic E-state index is -0.330. The molecule has 1 amide bonds. The summed E-state index contributed by atoms with van der Waals surface area (Å²) in [5, 5.41) is 5.15. The molecule has 1 unspecified atom stereocenters. The molecule has 0 aliphatic heterocycles. The zero-order valence-corrected chi connectivity index (χ0v) is 19.3. The number of aromatic nitrogens is 4. The van der Waals surface area contributed by atoms with Gasteiger partial charge in [-0.25, -0.2) is 9.97 Å². The average Bonchev–Trinajstić information content (AvgIpc) is 3.28. The maximum absolute atomic E-state index is 11.7. The Kier molecular flexibility index (Phi) is 7.20. The number of carbonyl (C=O) groups is 1. The van der Waals surface area contributed by atoms with E-state index in [0.717, 1.165) is 34.6 Å². The SMILES string of the molecule is CC(C(N)=O)c1ccccc1CCc1nc(Cc2cnn(C3CCCCC3)c2)ncc1Cl. The van der Waals surface area contributed by atoms with E-state index in [1.165, 1.54) is 32.1 Å². The van der Waals surface area contributed by atoms with Crippen molar-refractivity contribution in [2.75, 3.05) is 0 Å². The Morgan fingerprint density at radius 3 is 2.75 bits per heavy atom. The predicted octanol–water partition coefficient (Wildman–Crippen LogP) is 4.80. The molecular weight excluding hydrogens is 422 g/mol. The van der Waals surface area contributed by atoms with Crippen LogP contribution in [0.2, 0.25) is 5.02 Å². The highest BCUT2D eigenvalue weighted by atomic mass is 35.5. The zero-order valence-electron chi connectivity index (χ0n) is 18.5. The largest absolute Gasteiger partial charge is 0.369 e. The first kappa shape index (κ1) is 22.5. The summed E-state index contributed by atoms with van der Waals surface area (Å²) in [6, 6.07) is 8.42. The number of primary amides is 1. The maximum Gasteiger partial charge on any atom is 0.224 e. The van der Waals surface area contributed by atoms with Crippen LogP contribution in [0.15, 0.2) is 42.9 Å². The standard InChI is InChI=1S/C25H30ClN5O/c1-17(25(27)32)21-10-6-5-7-19(21)11-12-23-22(26)15-28-24(30-23)13-18-14-29-31(16-18)20-8-3-2-4-9-20/h5-7,10,14-17,20H,2-4,8-9,11-13H2,1H3,(H2,27,32). The first-order chi connectivity index (χ1) is 15.5. The smallest absolute Gasteiger partial charge is 0.224 e. The van der Waals surface area contributed by atoms with E-state index < -0.39 is 0 Å². The van der Waals surface area contributed by atoms with E-state index in [-0.39, 0.29) is 11.8 Å². The fourth-order valence-electron chi connectivity index (χ4n) is 4.49. The number of nitrogens with two attached hydrogens (primary N) is 1. The third-order valence-corrected chi connectivity index (χ3v) is 6.73. The van der Waals surface area contributed by atoms with Gasteiger partial charge in [0.15, 0.2) is 0 Å². The van der Waals surface area contributed by atoms with E-state index in [4.69, 9.17) is 22.3 Å². The summed E-state index contributed by atoms with van der Waals surface area (Å²) in [6.45, 7) is 1.84. The van der Waals surface area contributed by atoms with E-state index >= 15 is 0 Å². The van der Waals surface area contributed by atoms with E-state index in [1.54, 1.807) is 6.20 Å². The van der Waals surface area contributed by atoms with Gasteiger partial charge in [-0.1, -0.05) is 55.1 Å². The van der Waals surface area contributed by atoms with Crippen molar-refractivity contribution in [1.82, 2.24) is 19.7 Å². The highest BCUT2D eigenvalue weighted by Crippen LogP contribution is 2.28. The Morgan fingerprint density at radius 1 is 1.19 bits per heavy atom. The van der Waals surface area contributed by atoms with Crippen molar-refractivity contribution >= 4 is 17.5 Å². The first-order valence-electron chi connectivity index (χ1n) is 11.4. The first-order valence-corrected chi connectivity index (χ1v) is 11.8. The highest BCUT2D eigenvalue weighted by Gasteiger charge is 2.18. The molecule has 32 heavy (non-hydrogen) atoms. The molecule has 0 radical (unpaired) electrons. The van der Waals surface area contributed by atoms with Gasteiger partial charge in [-0.2, -0.15) is 5.10 Å². The second-order valence-electron chi connectivity index (χ2n) is 8.70. The molecule has 2 aromatic heterocycles. The quantitative estimate of drug-likeness (QED) is 0.533. The van der Waals surface area contributed by atoms with Crippen LogP contribution in [-0.4, -0.2) is 25.7 Å². The van der Waals surface area contributed by atoms with Crippen LogP contribution in [0.25, 0.3) is 0 Å². The van der Waals surface area contributed by atoms with Gasteiger partial charge in [0.2, 0.25) is 5.91 Å². The Hall–Kier alpha value is -2.73. The third-order valence-electron chi connectivity index (χ3n) is 6.41. The Labute approximate surface area is 194 Å². The molecule has 1 atom stereocenters. The highest BCUT2D eigenvalue weighted by molar-refractivity contribution is 6.31. The van der Waals surface area contributed by atoms with Crippen molar-refractivity contribution in [3.63, 3.8) is 0 Å². The lowest BCUT2D eigenvalue weighted by Gasteiger charge is -2.21. The number of rotatable bonds is 8.